The normalized spacial score (nSPS) is 18.0. The monoisotopic (exact) mass is 363 g/mol. The molecule has 2 heterocycles. The van der Waals surface area contributed by atoms with Gasteiger partial charge in [-0.2, -0.15) is 5.10 Å². The first kappa shape index (κ1) is 17.4. The van der Waals surface area contributed by atoms with E-state index in [1.165, 1.54) is 17.3 Å². The van der Waals surface area contributed by atoms with Crippen molar-refractivity contribution in [2.45, 2.75) is 12.8 Å². The van der Waals surface area contributed by atoms with Crippen LogP contribution in [0.4, 0.5) is 5.69 Å². The number of hydrogen-bond donors (Lipinski definition) is 2. The predicted octanol–water partition coefficient (Wildman–Crippen LogP) is 1.66. The number of rotatable bonds is 5. The van der Waals surface area contributed by atoms with E-state index in [-0.39, 0.29) is 12.5 Å². The van der Waals surface area contributed by atoms with Crippen molar-refractivity contribution in [3.63, 3.8) is 0 Å². The average Bonchev–Trinajstić information content (AvgIpc) is 3.09. The number of carboxylic acid groups (broad SMARTS) is 1. The van der Waals surface area contributed by atoms with Crippen LogP contribution in [0.1, 0.15) is 12.8 Å². The van der Waals surface area contributed by atoms with Crippen molar-refractivity contribution in [2.75, 3.05) is 25.0 Å². The number of benzene rings is 1. The van der Waals surface area contributed by atoms with Gasteiger partial charge in [0.1, 0.15) is 12.7 Å². The fourth-order valence-electron chi connectivity index (χ4n) is 2.93. The highest BCUT2D eigenvalue weighted by Gasteiger charge is 2.26. The molecular weight excluding hydrogens is 346 g/mol. The van der Waals surface area contributed by atoms with Gasteiger partial charge in [-0.05, 0) is 37.6 Å². The Hall–Kier alpha value is -2.45. The lowest BCUT2D eigenvalue weighted by molar-refractivity contribution is -0.144. The van der Waals surface area contributed by atoms with Gasteiger partial charge in [0.05, 0.1) is 23.8 Å². The number of aliphatic carboxylic acids is 1. The maximum Gasteiger partial charge on any atom is 0.307 e. The second-order valence-corrected chi connectivity index (χ2v) is 6.40. The fraction of sp³-hybridized carbons (Fsp3) is 0.375. The molecule has 0 bridgehead atoms. The highest BCUT2D eigenvalue weighted by Crippen LogP contribution is 2.24. The van der Waals surface area contributed by atoms with Crippen LogP contribution in [0.15, 0.2) is 30.9 Å². The Morgan fingerprint density at radius 2 is 2.24 bits per heavy atom. The molecule has 25 heavy (non-hydrogen) atoms. The van der Waals surface area contributed by atoms with Crippen LogP contribution in [0, 0.1) is 5.92 Å². The first-order chi connectivity index (χ1) is 12.0. The van der Waals surface area contributed by atoms with E-state index in [0.717, 1.165) is 6.42 Å². The summed E-state index contributed by atoms with van der Waals surface area (Å²) in [5.74, 6) is -1.46. The number of aromatic nitrogens is 3. The van der Waals surface area contributed by atoms with Crippen molar-refractivity contribution < 1.29 is 14.7 Å². The molecule has 0 aliphatic carbocycles. The molecule has 1 amide bonds. The summed E-state index contributed by atoms with van der Waals surface area (Å²) < 4.78 is 1.54. The molecule has 2 aromatic rings. The maximum atomic E-state index is 12.4. The number of anilines is 1. The van der Waals surface area contributed by atoms with Crippen LogP contribution < -0.4 is 5.32 Å². The topological polar surface area (TPSA) is 100 Å². The Balaban J connectivity index is 1.69. The van der Waals surface area contributed by atoms with E-state index in [9.17, 15) is 9.59 Å². The molecule has 1 atom stereocenters. The van der Waals surface area contributed by atoms with Gasteiger partial charge in [-0.3, -0.25) is 14.5 Å². The van der Waals surface area contributed by atoms with E-state index in [1.807, 2.05) is 4.90 Å². The first-order valence-electron chi connectivity index (χ1n) is 7.92. The van der Waals surface area contributed by atoms with Gasteiger partial charge < -0.3 is 10.4 Å². The number of nitrogens with zero attached hydrogens (tertiary/aromatic N) is 4. The van der Waals surface area contributed by atoms with Gasteiger partial charge in [0, 0.05) is 11.6 Å². The third kappa shape index (κ3) is 4.34. The number of hydrogen-bond acceptors (Lipinski definition) is 5. The molecule has 1 aliphatic rings. The first-order valence-corrected chi connectivity index (χ1v) is 8.30. The van der Waals surface area contributed by atoms with E-state index in [2.05, 4.69) is 15.4 Å². The van der Waals surface area contributed by atoms with Crippen LogP contribution in [0.25, 0.3) is 5.69 Å². The van der Waals surface area contributed by atoms with Crippen LogP contribution in [-0.2, 0) is 9.59 Å². The number of likely N-dealkylation sites (tertiary alicyclic amines) is 1. The second-order valence-electron chi connectivity index (χ2n) is 5.96. The minimum absolute atomic E-state index is 0.132. The summed E-state index contributed by atoms with van der Waals surface area (Å²) in [6.07, 6.45) is 4.35. The van der Waals surface area contributed by atoms with Crippen LogP contribution in [-0.4, -0.2) is 56.3 Å². The Labute approximate surface area is 149 Å². The SMILES string of the molecule is O=C(CN1CCCC(C(=O)O)C1)Nc1cc(Cl)ccc1-n1cncn1. The molecule has 1 aromatic heterocycles. The van der Waals surface area contributed by atoms with E-state index in [0.29, 0.717) is 35.9 Å². The molecule has 0 saturated carbocycles. The number of piperidine rings is 1. The maximum absolute atomic E-state index is 12.4. The molecule has 132 valence electrons. The number of halogens is 1. The quantitative estimate of drug-likeness (QED) is 0.837. The minimum atomic E-state index is -0.812. The molecule has 1 aromatic carbocycles. The molecule has 1 saturated heterocycles. The zero-order valence-electron chi connectivity index (χ0n) is 13.4. The number of carbonyl (C=O) groups is 2. The van der Waals surface area contributed by atoms with Crippen LogP contribution in [0.2, 0.25) is 5.02 Å². The number of amides is 1. The van der Waals surface area contributed by atoms with Gasteiger partial charge in [0.15, 0.2) is 0 Å². The molecule has 0 spiro atoms. The minimum Gasteiger partial charge on any atom is -0.481 e. The molecule has 2 N–H and O–H groups in total. The zero-order valence-corrected chi connectivity index (χ0v) is 14.2. The van der Waals surface area contributed by atoms with E-state index >= 15 is 0 Å². The number of carboxylic acids is 1. The van der Waals surface area contributed by atoms with Crippen molar-refractivity contribution in [2.24, 2.45) is 5.92 Å². The summed E-state index contributed by atoms with van der Waals surface area (Å²) in [6, 6.07) is 5.09. The smallest absolute Gasteiger partial charge is 0.307 e. The molecule has 1 aliphatic heterocycles. The average molecular weight is 364 g/mol. The van der Waals surface area contributed by atoms with Gasteiger partial charge in [0.25, 0.3) is 0 Å². The van der Waals surface area contributed by atoms with Crippen molar-refractivity contribution in [3.8, 4) is 5.69 Å². The number of nitrogens with one attached hydrogen (secondary N) is 1. The van der Waals surface area contributed by atoms with E-state index < -0.39 is 11.9 Å². The lowest BCUT2D eigenvalue weighted by Gasteiger charge is -2.30. The zero-order chi connectivity index (χ0) is 17.8. The lowest BCUT2D eigenvalue weighted by Crippen LogP contribution is -2.42. The Morgan fingerprint density at radius 3 is 2.96 bits per heavy atom. The molecule has 0 radical (unpaired) electrons. The van der Waals surface area contributed by atoms with Gasteiger partial charge >= 0.3 is 5.97 Å². The Bertz CT molecular complexity index is 765. The molecule has 9 heteroatoms. The molecule has 1 fully saturated rings. The van der Waals surface area contributed by atoms with Gasteiger partial charge in [0.2, 0.25) is 5.91 Å². The van der Waals surface area contributed by atoms with Gasteiger partial charge in [-0.1, -0.05) is 11.6 Å². The van der Waals surface area contributed by atoms with Crippen molar-refractivity contribution in [1.29, 1.82) is 0 Å². The molecule has 3 rings (SSSR count). The third-order valence-electron chi connectivity index (χ3n) is 4.12. The highest BCUT2D eigenvalue weighted by molar-refractivity contribution is 6.31. The summed E-state index contributed by atoms with van der Waals surface area (Å²) in [5, 5.41) is 16.5. The molecular formula is C16H18ClN5O3. The van der Waals surface area contributed by atoms with E-state index in [4.69, 9.17) is 16.7 Å². The Morgan fingerprint density at radius 1 is 1.40 bits per heavy atom. The van der Waals surface area contributed by atoms with E-state index in [1.54, 1.807) is 18.2 Å². The molecule has 8 nitrogen and oxygen atoms in total. The third-order valence-corrected chi connectivity index (χ3v) is 4.36. The van der Waals surface area contributed by atoms with Crippen molar-refractivity contribution in [3.05, 3.63) is 35.9 Å². The molecule has 1 unspecified atom stereocenters. The number of carbonyl (C=O) groups excluding carboxylic acids is 1. The lowest BCUT2D eigenvalue weighted by atomic mass is 9.98. The largest absolute Gasteiger partial charge is 0.481 e. The fourth-order valence-corrected chi connectivity index (χ4v) is 3.11. The van der Waals surface area contributed by atoms with Crippen molar-refractivity contribution in [1.82, 2.24) is 19.7 Å². The van der Waals surface area contributed by atoms with Crippen LogP contribution >= 0.6 is 11.6 Å². The predicted molar refractivity (Wildman–Crippen MR) is 91.8 cm³/mol. The summed E-state index contributed by atoms with van der Waals surface area (Å²) >= 11 is 6.04. The summed E-state index contributed by atoms with van der Waals surface area (Å²) in [5.41, 5.74) is 1.17. The summed E-state index contributed by atoms with van der Waals surface area (Å²) in [4.78, 5) is 29.3. The van der Waals surface area contributed by atoms with Crippen LogP contribution in [0.5, 0.6) is 0 Å². The van der Waals surface area contributed by atoms with Crippen molar-refractivity contribution >= 4 is 29.2 Å². The standard InChI is InChI=1S/C16H18ClN5O3/c17-12-3-4-14(22-10-18-9-19-22)13(6-12)20-15(23)8-21-5-1-2-11(7-21)16(24)25/h3-4,6,9-11H,1-2,5,7-8H2,(H,20,23)(H,24,25). The second kappa shape index (κ2) is 7.62. The summed E-state index contributed by atoms with van der Waals surface area (Å²) in [6.45, 7) is 1.23. The highest BCUT2D eigenvalue weighted by atomic mass is 35.5. The van der Waals surface area contributed by atoms with Gasteiger partial charge in [-0.25, -0.2) is 9.67 Å². The van der Waals surface area contributed by atoms with Gasteiger partial charge in [-0.15, -0.1) is 0 Å². The summed E-state index contributed by atoms with van der Waals surface area (Å²) in [7, 11) is 0. The Kier molecular flexibility index (Phi) is 5.30. The van der Waals surface area contributed by atoms with Crippen LogP contribution in [0.3, 0.4) is 0 Å².